The van der Waals surface area contributed by atoms with Gasteiger partial charge in [-0.1, -0.05) is 0 Å². The van der Waals surface area contributed by atoms with E-state index in [9.17, 15) is 4.79 Å². The Hall–Kier alpha value is -1.30. The van der Waals surface area contributed by atoms with Crippen LogP contribution in [0, 0.1) is 11.3 Å². The van der Waals surface area contributed by atoms with Crippen LogP contribution in [0.4, 0.5) is 0 Å². The average molecular weight is 122 g/mol. The van der Waals surface area contributed by atoms with Crippen LogP contribution in [-0.2, 0) is 4.79 Å². The summed E-state index contributed by atoms with van der Waals surface area (Å²) < 4.78 is 0. The zero-order valence-corrected chi connectivity index (χ0v) is 4.85. The van der Waals surface area contributed by atoms with Gasteiger partial charge in [0.2, 0.25) is 5.91 Å². The van der Waals surface area contributed by atoms with Gasteiger partial charge in [0, 0.05) is 18.2 Å². The number of nitrogens with zero attached hydrogens (tertiary/aromatic N) is 1. The third-order valence-electron chi connectivity index (χ3n) is 1.14. The van der Waals surface area contributed by atoms with Crippen molar-refractivity contribution in [1.29, 1.82) is 5.26 Å². The summed E-state index contributed by atoms with van der Waals surface area (Å²) in [7, 11) is 0. The van der Waals surface area contributed by atoms with E-state index in [1.54, 1.807) is 0 Å². The molecule has 3 heteroatoms. The van der Waals surface area contributed by atoms with Gasteiger partial charge in [0.1, 0.15) is 0 Å². The number of nitrogens with one attached hydrogen (secondary N) is 1. The molecule has 0 aromatic carbocycles. The predicted molar refractivity (Wildman–Crippen MR) is 31.3 cm³/mol. The van der Waals surface area contributed by atoms with Crippen molar-refractivity contribution in [3.8, 4) is 6.07 Å². The molecule has 0 aliphatic carbocycles. The van der Waals surface area contributed by atoms with Crippen LogP contribution in [-0.4, -0.2) is 12.5 Å². The van der Waals surface area contributed by atoms with Gasteiger partial charge < -0.3 is 5.32 Å². The highest BCUT2D eigenvalue weighted by molar-refractivity contribution is 5.89. The molecule has 0 spiro atoms. The lowest BCUT2D eigenvalue weighted by Crippen LogP contribution is -2.26. The number of carbonyl (C=O) groups is 1. The molecule has 9 heavy (non-hydrogen) atoms. The minimum absolute atomic E-state index is 0.155. The van der Waals surface area contributed by atoms with E-state index in [0.717, 1.165) is 0 Å². The summed E-state index contributed by atoms with van der Waals surface area (Å²) >= 11 is 0. The third-order valence-corrected chi connectivity index (χ3v) is 1.14. The van der Waals surface area contributed by atoms with Crippen LogP contribution in [0.2, 0.25) is 0 Å². The maximum Gasteiger partial charge on any atom is 0.244 e. The molecule has 1 N–H and O–H groups in total. The molecule has 0 aromatic rings. The van der Waals surface area contributed by atoms with Crippen molar-refractivity contribution >= 4 is 5.91 Å². The van der Waals surface area contributed by atoms with Gasteiger partial charge in [-0.3, -0.25) is 4.79 Å². The predicted octanol–water partition coefficient (Wildman–Crippen LogP) is -0.0437. The standard InChI is InChI=1S/C6H6N2O/c7-4-5-1-2-8-6(9)3-5/h3H,1-2H2,(H,8,9). The molecule has 46 valence electrons. The van der Waals surface area contributed by atoms with Crippen molar-refractivity contribution in [3.05, 3.63) is 11.6 Å². The molecule has 0 radical (unpaired) electrons. The smallest absolute Gasteiger partial charge is 0.244 e. The highest BCUT2D eigenvalue weighted by atomic mass is 16.1. The van der Waals surface area contributed by atoms with E-state index in [1.165, 1.54) is 6.08 Å². The summed E-state index contributed by atoms with van der Waals surface area (Å²) in [5.41, 5.74) is 0.568. The lowest BCUT2D eigenvalue weighted by molar-refractivity contribution is -0.116. The number of hydrogen-bond donors (Lipinski definition) is 1. The second kappa shape index (κ2) is 2.31. The van der Waals surface area contributed by atoms with Crippen LogP contribution < -0.4 is 5.32 Å². The van der Waals surface area contributed by atoms with Crippen LogP contribution in [0.5, 0.6) is 0 Å². The highest BCUT2D eigenvalue weighted by Crippen LogP contribution is 2.01. The summed E-state index contributed by atoms with van der Waals surface area (Å²) in [6, 6.07) is 1.93. The van der Waals surface area contributed by atoms with Gasteiger partial charge >= 0.3 is 0 Å². The minimum Gasteiger partial charge on any atom is -0.352 e. The molecule has 0 fully saturated rings. The zero-order valence-electron chi connectivity index (χ0n) is 4.85. The van der Waals surface area contributed by atoms with Crippen molar-refractivity contribution in [2.75, 3.05) is 6.54 Å². The fraction of sp³-hybridized carbons (Fsp3) is 0.333. The Morgan fingerprint density at radius 3 is 3.00 bits per heavy atom. The first-order chi connectivity index (χ1) is 4.33. The second-order valence-corrected chi connectivity index (χ2v) is 1.82. The zero-order chi connectivity index (χ0) is 6.69. The monoisotopic (exact) mass is 122 g/mol. The van der Waals surface area contributed by atoms with Gasteiger partial charge in [0.05, 0.1) is 6.07 Å². The number of carbonyl (C=O) groups excluding carboxylic acids is 1. The van der Waals surface area contributed by atoms with Crippen LogP contribution >= 0.6 is 0 Å². The minimum atomic E-state index is -0.155. The van der Waals surface area contributed by atoms with E-state index in [0.29, 0.717) is 18.5 Å². The van der Waals surface area contributed by atoms with Gasteiger partial charge in [-0.05, 0) is 6.42 Å². The molecule has 1 amide bonds. The molecule has 1 heterocycles. The lowest BCUT2D eigenvalue weighted by atomic mass is 10.1. The molecule has 0 saturated carbocycles. The van der Waals surface area contributed by atoms with Crippen molar-refractivity contribution in [3.63, 3.8) is 0 Å². The number of nitriles is 1. The number of hydrogen-bond acceptors (Lipinski definition) is 2. The average Bonchev–Trinajstić information content (AvgIpc) is 1.88. The summed E-state index contributed by atoms with van der Waals surface area (Å²) in [5.74, 6) is -0.155. The summed E-state index contributed by atoms with van der Waals surface area (Å²) in [5, 5.41) is 10.9. The molecule has 0 atom stereocenters. The van der Waals surface area contributed by atoms with Gasteiger partial charge in [-0.15, -0.1) is 0 Å². The van der Waals surface area contributed by atoms with Gasteiger partial charge in [-0.2, -0.15) is 5.26 Å². The van der Waals surface area contributed by atoms with E-state index in [-0.39, 0.29) is 5.91 Å². The first-order valence-electron chi connectivity index (χ1n) is 2.71. The van der Waals surface area contributed by atoms with Crippen molar-refractivity contribution in [1.82, 2.24) is 5.32 Å². The first-order valence-corrected chi connectivity index (χ1v) is 2.71. The van der Waals surface area contributed by atoms with Crippen LogP contribution in [0.25, 0.3) is 0 Å². The van der Waals surface area contributed by atoms with E-state index < -0.39 is 0 Å². The molecular weight excluding hydrogens is 116 g/mol. The Morgan fingerprint density at radius 2 is 2.56 bits per heavy atom. The Kier molecular flexibility index (Phi) is 1.50. The van der Waals surface area contributed by atoms with E-state index in [1.807, 2.05) is 6.07 Å². The highest BCUT2D eigenvalue weighted by Gasteiger charge is 2.06. The molecule has 3 nitrogen and oxygen atoms in total. The summed E-state index contributed by atoms with van der Waals surface area (Å²) in [4.78, 5) is 10.5. The third kappa shape index (κ3) is 1.29. The molecule has 0 aromatic heterocycles. The van der Waals surface area contributed by atoms with Gasteiger partial charge in [0.15, 0.2) is 0 Å². The molecule has 0 unspecified atom stereocenters. The lowest BCUT2D eigenvalue weighted by Gasteiger charge is -2.06. The van der Waals surface area contributed by atoms with Crippen LogP contribution in [0.1, 0.15) is 6.42 Å². The van der Waals surface area contributed by atoms with Crippen molar-refractivity contribution < 1.29 is 4.79 Å². The molecule has 0 bridgehead atoms. The SMILES string of the molecule is N#CC1=CC(=O)NCC1. The van der Waals surface area contributed by atoms with E-state index in [4.69, 9.17) is 5.26 Å². The molecule has 0 saturated heterocycles. The Balaban J connectivity index is 2.74. The number of rotatable bonds is 0. The topological polar surface area (TPSA) is 52.9 Å². The fourth-order valence-electron chi connectivity index (χ4n) is 0.690. The Labute approximate surface area is 53.0 Å². The maximum atomic E-state index is 10.5. The maximum absolute atomic E-state index is 10.5. The van der Waals surface area contributed by atoms with E-state index >= 15 is 0 Å². The quantitative estimate of drug-likeness (QED) is 0.490. The first kappa shape index (κ1) is 5.83. The van der Waals surface area contributed by atoms with Crippen molar-refractivity contribution in [2.24, 2.45) is 0 Å². The Bertz CT molecular complexity index is 200. The van der Waals surface area contributed by atoms with Gasteiger partial charge in [0.25, 0.3) is 0 Å². The van der Waals surface area contributed by atoms with Crippen molar-refractivity contribution in [2.45, 2.75) is 6.42 Å². The number of amides is 1. The summed E-state index contributed by atoms with van der Waals surface area (Å²) in [6.07, 6.45) is 2.01. The Morgan fingerprint density at radius 1 is 1.78 bits per heavy atom. The van der Waals surface area contributed by atoms with Crippen LogP contribution in [0.15, 0.2) is 11.6 Å². The molecule has 1 aliphatic heterocycles. The molecular formula is C6H6N2O. The van der Waals surface area contributed by atoms with Gasteiger partial charge in [-0.25, -0.2) is 0 Å². The molecule has 1 rings (SSSR count). The van der Waals surface area contributed by atoms with Crippen LogP contribution in [0.3, 0.4) is 0 Å². The second-order valence-electron chi connectivity index (χ2n) is 1.82. The fourth-order valence-corrected chi connectivity index (χ4v) is 0.690. The molecule has 1 aliphatic rings. The normalized spacial score (nSPS) is 17.7. The largest absolute Gasteiger partial charge is 0.352 e. The van der Waals surface area contributed by atoms with E-state index in [2.05, 4.69) is 5.32 Å². The summed E-state index contributed by atoms with van der Waals surface area (Å²) in [6.45, 7) is 0.595.